The fraction of sp³-hybridized carbons (Fsp3) is 0.261. The second kappa shape index (κ2) is 7.08. The van der Waals surface area contributed by atoms with Crippen LogP contribution in [-0.2, 0) is 5.41 Å². The highest BCUT2D eigenvalue weighted by Gasteiger charge is 2.42. The van der Waals surface area contributed by atoms with Gasteiger partial charge in [-0.05, 0) is 42.2 Å². The van der Waals surface area contributed by atoms with E-state index in [1.54, 1.807) is 18.3 Å². The van der Waals surface area contributed by atoms with Gasteiger partial charge in [0, 0.05) is 41.7 Å². The van der Waals surface area contributed by atoms with Crippen molar-refractivity contribution >= 4 is 23.3 Å². The molecule has 0 unspecified atom stereocenters. The van der Waals surface area contributed by atoms with Gasteiger partial charge in [0.2, 0.25) is 0 Å². The zero-order valence-electron chi connectivity index (χ0n) is 16.1. The predicted molar refractivity (Wildman–Crippen MR) is 113 cm³/mol. The predicted octanol–water partition coefficient (Wildman–Crippen LogP) is 5.70. The molecule has 142 valence electrons. The first-order valence-electron chi connectivity index (χ1n) is 9.54. The molecule has 0 aliphatic carbocycles. The van der Waals surface area contributed by atoms with E-state index in [1.807, 2.05) is 6.08 Å². The summed E-state index contributed by atoms with van der Waals surface area (Å²) >= 11 is 0. The first-order chi connectivity index (χ1) is 13.5. The Morgan fingerprint density at radius 2 is 2.00 bits per heavy atom. The molecule has 0 N–H and O–H groups in total. The summed E-state index contributed by atoms with van der Waals surface area (Å²) in [6.45, 7) is 5.63. The highest BCUT2D eigenvalue weighted by atomic mass is 16.6. The van der Waals surface area contributed by atoms with Crippen LogP contribution in [0.1, 0.15) is 32.3 Å². The van der Waals surface area contributed by atoms with Crippen molar-refractivity contribution in [3.05, 3.63) is 87.6 Å². The number of aliphatic imine (C=N–C) groups is 1. The van der Waals surface area contributed by atoms with E-state index >= 15 is 0 Å². The van der Waals surface area contributed by atoms with E-state index in [4.69, 9.17) is 0 Å². The molecule has 0 radical (unpaired) electrons. The molecule has 0 fully saturated rings. The van der Waals surface area contributed by atoms with Crippen LogP contribution < -0.4 is 4.90 Å². The molecule has 2 aromatic carbocycles. The smallest absolute Gasteiger partial charge is 0.271 e. The molecule has 28 heavy (non-hydrogen) atoms. The number of para-hydroxylation sites is 1. The lowest BCUT2D eigenvalue weighted by Crippen LogP contribution is -2.31. The number of anilines is 1. The van der Waals surface area contributed by atoms with Crippen LogP contribution in [0.2, 0.25) is 0 Å². The Balaban J connectivity index is 1.61. The number of nitrogens with zero attached hydrogens (tertiary/aromatic N) is 3. The van der Waals surface area contributed by atoms with Gasteiger partial charge in [-0.25, -0.2) is 0 Å². The van der Waals surface area contributed by atoms with Crippen molar-refractivity contribution in [3.8, 4) is 0 Å². The summed E-state index contributed by atoms with van der Waals surface area (Å²) in [6, 6.07) is 15.0. The quantitative estimate of drug-likeness (QED) is 0.392. The fourth-order valence-corrected chi connectivity index (χ4v) is 4.31. The first kappa shape index (κ1) is 18.2. The lowest BCUT2D eigenvalue weighted by atomic mass is 9.80. The van der Waals surface area contributed by atoms with Gasteiger partial charge in [0.25, 0.3) is 5.69 Å². The Labute approximate surface area is 164 Å². The van der Waals surface area contributed by atoms with Crippen LogP contribution in [0.3, 0.4) is 0 Å². The average Bonchev–Trinajstić information content (AvgIpc) is 2.94. The largest absolute Gasteiger partial charge is 0.344 e. The summed E-state index contributed by atoms with van der Waals surface area (Å²) in [4.78, 5) is 17.3. The van der Waals surface area contributed by atoms with Crippen molar-refractivity contribution in [2.24, 2.45) is 4.99 Å². The summed E-state index contributed by atoms with van der Waals surface area (Å²) in [5, 5.41) is 10.9. The van der Waals surface area contributed by atoms with Crippen molar-refractivity contribution in [2.45, 2.75) is 32.1 Å². The number of hydrogen-bond acceptors (Lipinski definition) is 4. The zero-order valence-corrected chi connectivity index (χ0v) is 16.1. The van der Waals surface area contributed by atoms with Crippen LogP contribution in [0.4, 0.5) is 17.1 Å². The van der Waals surface area contributed by atoms with E-state index in [1.165, 1.54) is 34.7 Å². The molecule has 0 aromatic heterocycles. The van der Waals surface area contributed by atoms with E-state index in [9.17, 15) is 10.1 Å². The molecule has 5 nitrogen and oxygen atoms in total. The second-order valence-corrected chi connectivity index (χ2v) is 7.69. The standard InChI is InChI=1S/C23H23N3O2/c1-23(2)20-12-3-4-13-21(20)25-15-7-9-17(22(23)25)8-6-14-24-18-10-5-11-19(16-18)26(27)28/h3-6,8,10-14,16H,7,9,15H2,1-2H3/b8-6+,24-14?. The minimum atomic E-state index is -0.405. The van der Waals surface area contributed by atoms with Gasteiger partial charge in [0.1, 0.15) is 0 Å². The van der Waals surface area contributed by atoms with Gasteiger partial charge in [0.05, 0.1) is 10.6 Å². The summed E-state index contributed by atoms with van der Waals surface area (Å²) in [6.07, 6.45) is 7.94. The molecule has 0 atom stereocenters. The maximum atomic E-state index is 10.9. The lowest BCUT2D eigenvalue weighted by Gasteiger charge is -2.33. The van der Waals surface area contributed by atoms with E-state index < -0.39 is 4.92 Å². The Morgan fingerprint density at radius 3 is 2.82 bits per heavy atom. The zero-order chi connectivity index (χ0) is 19.7. The van der Waals surface area contributed by atoms with Crippen molar-refractivity contribution in [1.82, 2.24) is 0 Å². The Kier molecular flexibility index (Phi) is 4.59. The third-order valence-electron chi connectivity index (χ3n) is 5.51. The highest BCUT2D eigenvalue weighted by Crippen LogP contribution is 2.50. The van der Waals surface area contributed by atoms with Gasteiger partial charge in [-0.3, -0.25) is 15.1 Å². The molecular formula is C23H23N3O2. The van der Waals surface area contributed by atoms with Crippen LogP contribution in [0, 0.1) is 10.1 Å². The molecule has 5 heteroatoms. The van der Waals surface area contributed by atoms with Crippen LogP contribution in [0.15, 0.2) is 76.9 Å². The van der Waals surface area contributed by atoms with Crippen molar-refractivity contribution in [2.75, 3.05) is 11.4 Å². The number of rotatable bonds is 4. The highest BCUT2D eigenvalue weighted by molar-refractivity contribution is 5.77. The molecule has 2 aliphatic rings. The van der Waals surface area contributed by atoms with E-state index in [0.717, 1.165) is 19.4 Å². The molecule has 2 heterocycles. The summed E-state index contributed by atoms with van der Waals surface area (Å²) in [5.41, 5.74) is 6.01. The van der Waals surface area contributed by atoms with E-state index in [-0.39, 0.29) is 11.1 Å². The van der Waals surface area contributed by atoms with Crippen LogP contribution in [-0.4, -0.2) is 17.7 Å². The van der Waals surface area contributed by atoms with Crippen LogP contribution in [0.5, 0.6) is 0 Å². The number of fused-ring (bicyclic) bond motifs is 3. The number of hydrogen-bond donors (Lipinski definition) is 0. The molecule has 0 saturated carbocycles. The molecule has 0 spiro atoms. The van der Waals surface area contributed by atoms with Crippen LogP contribution in [0.25, 0.3) is 0 Å². The lowest BCUT2D eigenvalue weighted by molar-refractivity contribution is -0.384. The normalized spacial score (nSPS) is 18.0. The third-order valence-corrected chi connectivity index (χ3v) is 5.51. The SMILES string of the molecule is CC1(C)C2=C(/C=C/C=Nc3cccc([N+](=O)[O-])c3)CCCN2c2ccccc21. The number of allylic oxidation sites excluding steroid dienone is 4. The number of nitro groups is 1. The summed E-state index contributed by atoms with van der Waals surface area (Å²) < 4.78 is 0. The van der Waals surface area contributed by atoms with Gasteiger partial charge in [-0.2, -0.15) is 0 Å². The molecule has 2 aliphatic heterocycles. The first-order valence-corrected chi connectivity index (χ1v) is 9.54. The minimum Gasteiger partial charge on any atom is -0.344 e. The minimum absolute atomic E-state index is 0.0200. The van der Waals surface area contributed by atoms with Gasteiger partial charge < -0.3 is 4.90 Å². The van der Waals surface area contributed by atoms with Crippen molar-refractivity contribution in [1.29, 1.82) is 0 Å². The van der Waals surface area contributed by atoms with Crippen molar-refractivity contribution < 1.29 is 4.92 Å². The average molecular weight is 373 g/mol. The second-order valence-electron chi connectivity index (χ2n) is 7.69. The Hall–Kier alpha value is -3.21. The molecular weight excluding hydrogens is 350 g/mol. The summed E-state index contributed by atoms with van der Waals surface area (Å²) in [5.74, 6) is 0. The molecule has 2 aromatic rings. The van der Waals surface area contributed by atoms with Crippen LogP contribution >= 0.6 is 0 Å². The Bertz CT molecular complexity index is 1020. The van der Waals surface area contributed by atoms with Crippen molar-refractivity contribution in [3.63, 3.8) is 0 Å². The monoisotopic (exact) mass is 373 g/mol. The molecule has 4 rings (SSSR count). The number of benzene rings is 2. The summed E-state index contributed by atoms with van der Waals surface area (Å²) in [7, 11) is 0. The number of nitro benzene ring substituents is 1. The topological polar surface area (TPSA) is 58.7 Å². The third kappa shape index (κ3) is 3.13. The van der Waals surface area contributed by atoms with Gasteiger partial charge in [-0.1, -0.05) is 44.2 Å². The van der Waals surface area contributed by atoms with Gasteiger partial charge in [0.15, 0.2) is 0 Å². The molecule has 0 saturated heterocycles. The van der Waals surface area contributed by atoms with E-state index in [0.29, 0.717) is 5.69 Å². The Morgan fingerprint density at radius 1 is 1.18 bits per heavy atom. The van der Waals surface area contributed by atoms with E-state index in [2.05, 4.69) is 54.1 Å². The fourth-order valence-electron chi connectivity index (χ4n) is 4.31. The van der Waals surface area contributed by atoms with Gasteiger partial charge >= 0.3 is 0 Å². The molecule has 0 amide bonds. The molecule has 0 bridgehead atoms. The number of non-ortho nitro benzene ring substituents is 1. The maximum Gasteiger partial charge on any atom is 0.271 e. The van der Waals surface area contributed by atoms with Gasteiger partial charge in [-0.15, -0.1) is 0 Å². The maximum absolute atomic E-state index is 10.9.